The van der Waals surface area contributed by atoms with Gasteiger partial charge < -0.3 is 9.13 Å². The van der Waals surface area contributed by atoms with Crippen molar-refractivity contribution in [2.45, 2.75) is 25.7 Å². The van der Waals surface area contributed by atoms with E-state index in [-0.39, 0.29) is 0 Å². The Morgan fingerprint density at radius 3 is 1.55 bits per heavy atom. The van der Waals surface area contributed by atoms with Gasteiger partial charge in [0.15, 0.2) is 0 Å². The molecule has 0 atom stereocenters. The van der Waals surface area contributed by atoms with Gasteiger partial charge >= 0.3 is 0 Å². The smallest absolute Gasteiger partial charge is 0.0623 e. The molecule has 6 rings (SSSR count). The summed E-state index contributed by atoms with van der Waals surface area (Å²) >= 11 is 1.94. The minimum Gasteiger partial charge on any atom is -0.343 e. The van der Waals surface area contributed by atoms with Gasteiger partial charge in [-0.25, -0.2) is 0 Å². The zero-order chi connectivity index (χ0) is 20.9. The molecule has 154 valence electrons. The van der Waals surface area contributed by atoms with E-state index in [1.807, 2.05) is 11.3 Å². The number of allylic oxidation sites excluding steroid dienone is 2. The van der Waals surface area contributed by atoms with Crippen LogP contribution in [0.2, 0.25) is 0 Å². The lowest BCUT2D eigenvalue weighted by Crippen LogP contribution is -1.93. The number of benzene rings is 2. The predicted octanol–water partition coefficient (Wildman–Crippen LogP) is 7.50. The van der Waals surface area contributed by atoms with Gasteiger partial charge in [0, 0.05) is 35.9 Å². The first-order chi connectivity index (χ1) is 15.2. The van der Waals surface area contributed by atoms with Gasteiger partial charge in [-0.1, -0.05) is 48.6 Å². The third kappa shape index (κ3) is 2.84. The van der Waals surface area contributed by atoms with E-state index >= 15 is 0 Å². The highest BCUT2D eigenvalue weighted by molar-refractivity contribution is 7.18. The van der Waals surface area contributed by atoms with Crippen molar-refractivity contribution in [2.24, 2.45) is 14.1 Å². The van der Waals surface area contributed by atoms with E-state index in [4.69, 9.17) is 0 Å². The summed E-state index contributed by atoms with van der Waals surface area (Å²) in [6.07, 6.45) is 9.09. The molecule has 2 nitrogen and oxygen atoms in total. The molecule has 0 saturated heterocycles. The van der Waals surface area contributed by atoms with Crippen molar-refractivity contribution < 1.29 is 0 Å². The van der Waals surface area contributed by atoms with Gasteiger partial charge in [0.25, 0.3) is 0 Å². The molecule has 1 aliphatic rings. The van der Waals surface area contributed by atoms with E-state index in [2.05, 4.69) is 96.0 Å². The topological polar surface area (TPSA) is 9.86 Å². The van der Waals surface area contributed by atoms with E-state index in [0.717, 1.165) is 25.7 Å². The van der Waals surface area contributed by atoms with Crippen LogP contribution in [0.5, 0.6) is 0 Å². The second kappa shape index (κ2) is 7.28. The van der Waals surface area contributed by atoms with Crippen LogP contribution in [-0.2, 0) is 26.9 Å². The summed E-state index contributed by atoms with van der Waals surface area (Å²) in [6.45, 7) is 0. The van der Waals surface area contributed by atoms with Gasteiger partial charge in [0.1, 0.15) is 0 Å². The van der Waals surface area contributed by atoms with E-state index in [1.165, 1.54) is 54.1 Å². The van der Waals surface area contributed by atoms with E-state index in [0.29, 0.717) is 0 Å². The Labute approximate surface area is 187 Å². The number of nitrogens with zero attached hydrogens (tertiary/aromatic N) is 2. The summed E-state index contributed by atoms with van der Waals surface area (Å²) in [5.41, 5.74) is 8.36. The fourth-order valence-corrected chi connectivity index (χ4v) is 6.58. The minimum absolute atomic E-state index is 1.08. The van der Waals surface area contributed by atoms with Crippen LogP contribution in [0.25, 0.3) is 42.9 Å². The Bertz CT molecular complexity index is 1350. The maximum Gasteiger partial charge on any atom is 0.0623 e. The van der Waals surface area contributed by atoms with Crippen LogP contribution in [-0.4, -0.2) is 9.13 Å². The van der Waals surface area contributed by atoms with Gasteiger partial charge in [-0.2, -0.15) is 0 Å². The summed E-state index contributed by atoms with van der Waals surface area (Å²) in [4.78, 5) is 2.73. The molecule has 1 aliphatic heterocycles. The second-order valence-corrected chi connectivity index (χ2v) is 9.60. The zero-order valence-corrected chi connectivity index (χ0v) is 18.9. The molecule has 0 fully saturated rings. The lowest BCUT2D eigenvalue weighted by atomic mass is 10.0. The molecule has 0 unspecified atom stereocenters. The van der Waals surface area contributed by atoms with Gasteiger partial charge in [0.2, 0.25) is 0 Å². The molecule has 2 aromatic carbocycles. The molecule has 3 aromatic heterocycles. The lowest BCUT2D eigenvalue weighted by molar-refractivity contribution is 0.935. The van der Waals surface area contributed by atoms with E-state index in [9.17, 15) is 0 Å². The van der Waals surface area contributed by atoms with Crippen LogP contribution < -0.4 is 0 Å². The zero-order valence-electron chi connectivity index (χ0n) is 18.1. The number of aryl methyl sites for hydroxylation is 4. The average Bonchev–Trinajstić information content (AvgIpc) is 3.45. The van der Waals surface area contributed by atoms with Crippen LogP contribution in [0.3, 0.4) is 0 Å². The highest BCUT2D eigenvalue weighted by atomic mass is 32.1. The number of thiophene rings is 1. The number of para-hydroxylation sites is 2. The number of aromatic nitrogens is 2. The van der Waals surface area contributed by atoms with Gasteiger partial charge in [-0.05, 0) is 61.1 Å². The quantitative estimate of drug-likeness (QED) is 0.229. The van der Waals surface area contributed by atoms with Crippen LogP contribution in [0.4, 0.5) is 0 Å². The summed E-state index contributed by atoms with van der Waals surface area (Å²) in [6, 6.07) is 22.4. The third-order valence-electron chi connectivity index (χ3n) is 6.79. The molecule has 5 aromatic rings. The maximum atomic E-state index is 2.39. The molecule has 3 heteroatoms. The highest BCUT2D eigenvalue weighted by Gasteiger charge is 2.21. The normalized spacial score (nSPS) is 15.2. The fourth-order valence-electron chi connectivity index (χ4n) is 5.36. The lowest BCUT2D eigenvalue weighted by Gasteiger charge is -2.06. The Morgan fingerprint density at radius 2 is 1.06 bits per heavy atom. The second-order valence-electron chi connectivity index (χ2n) is 8.52. The molecule has 0 radical (unpaired) electrons. The van der Waals surface area contributed by atoms with Crippen molar-refractivity contribution in [2.75, 3.05) is 0 Å². The van der Waals surface area contributed by atoms with Gasteiger partial charge in [-0.15, -0.1) is 11.3 Å². The van der Waals surface area contributed by atoms with Crippen molar-refractivity contribution in [3.05, 3.63) is 83.9 Å². The Morgan fingerprint density at radius 1 is 0.613 bits per heavy atom. The molecule has 0 amide bonds. The van der Waals surface area contributed by atoms with Crippen molar-refractivity contribution in [1.82, 2.24) is 9.13 Å². The summed E-state index contributed by atoms with van der Waals surface area (Å²) in [5.74, 6) is 0. The van der Waals surface area contributed by atoms with Gasteiger partial charge in [-0.3, -0.25) is 0 Å². The van der Waals surface area contributed by atoms with Crippen molar-refractivity contribution in [3.8, 4) is 21.1 Å². The van der Waals surface area contributed by atoms with Crippen molar-refractivity contribution in [3.63, 3.8) is 0 Å². The summed E-state index contributed by atoms with van der Waals surface area (Å²) in [7, 11) is 4.44. The SMILES string of the molecule is Cn1c2c(c3ccccc31)CC/C=C/CCc1c(n(C)c3ccccc13)-c1ccc-2s1. The van der Waals surface area contributed by atoms with Crippen molar-refractivity contribution in [1.29, 1.82) is 0 Å². The highest BCUT2D eigenvalue weighted by Crippen LogP contribution is 2.43. The number of rotatable bonds is 0. The molecule has 0 aliphatic carbocycles. The first-order valence-electron chi connectivity index (χ1n) is 11.1. The van der Waals surface area contributed by atoms with Crippen LogP contribution in [0.15, 0.2) is 72.8 Å². The van der Waals surface area contributed by atoms with Crippen LogP contribution in [0.1, 0.15) is 24.0 Å². The number of hydrogen-bond donors (Lipinski definition) is 0. The summed E-state index contributed by atoms with van der Waals surface area (Å²) < 4.78 is 4.79. The van der Waals surface area contributed by atoms with Crippen molar-refractivity contribution >= 4 is 33.1 Å². The first kappa shape index (κ1) is 18.7. The molecule has 2 bridgehead atoms. The average molecular weight is 423 g/mol. The Balaban J connectivity index is 1.64. The minimum atomic E-state index is 1.08. The van der Waals surface area contributed by atoms with Crippen LogP contribution in [0, 0.1) is 0 Å². The predicted molar refractivity (Wildman–Crippen MR) is 134 cm³/mol. The maximum absolute atomic E-state index is 2.39. The largest absolute Gasteiger partial charge is 0.343 e. The monoisotopic (exact) mass is 422 g/mol. The first-order valence-corrected chi connectivity index (χ1v) is 11.9. The fraction of sp³-hybridized carbons (Fsp3) is 0.214. The van der Waals surface area contributed by atoms with Crippen LogP contribution >= 0.6 is 11.3 Å². The van der Waals surface area contributed by atoms with Gasteiger partial charge in [0.05, 0.1) is 21.1 Å². The Hall–Kier alpha value is -3.04. The molecule has 31 heavy (non-hydrogen) atoms. The molecule has 0 spiro atoms. The molecule has 0 N–H and O–H groups in total. The third-order valence-corrected chi connectivity index (χ3v) is 7.88. The Kier molecular flexibility index (Phi) is 4.39. The van der Waals surface area contributed by atoms with E-state index in [1.54, 1.807) is 0 Å². The number of hydrogen-bond acceptors (Lipinski definition) is 1. The number of fused-ring (bicyclic) bond motifs is 10. The standard InChI is InChI=1S/C28H26N2S/c1-29-23-15-9-7-11-19(23)21-13-5-3-4-6-14-22-20-12-8-10-16-24(20)30(2)28(22)26-18-17-25(31-26)27(21)29/h3-4,7-12,15-18H,5-6,13-14H2,1-2H3/b4-3+. The molecular formula is C28H26N2S. The molecule has 4 heterocycles. The molecular weight excluding hydrogens is 396 g/mol. The van der Waals surface area contributed by atoms with E-state index < -0.39 is 0 Å². The molecule has 0 saturated carbocycles. The summed E-state index contributed by atoms with van der Waals surface area (Å²) in [5, 5.41) is 2.78.